The Hall–Kier alpha value is -1.81. The first-order chi connectivity index (χ1) is 9.11. The second-order valence-corrected chi connectivity index (χ2v) is 4.88. The normalized spacial score (nSPS) is 10.2. The molecule has 2 aromatic carbocycles. The average Bonchev–Trinajstić information content (AvgIpc) is 2.39. The van der Waals surface area contributed by atoms with E-state index in [1.54, 1.807) is 18.2 Å². The molecule has 0 bridgehead atoms. The maximum Gasteiger partial charge on any atom is 0.194 e. The zero-order valence-corrected chi connectivity index (χ0v) is 11.5. The topological polar surface area (TPSA) is 34.1 Å². The van der Waals surface area contributed by atoms with Crippen LogP contribution in [0.2, 0.25) is 0 Å². The van der Waals surface area contributed by atoms with Gasteiger partial charge < -0.3 is 4.79 Å². The molecule has 96 valence electrons. The molecule has 0 saturated heterocycles. The molecule has 0 saturated carbocycles. The van der Waals surface area contributed by atoms with Crippen molar-refractivity contribution in [3.63, 3.8) is 0 Å². The molecule has 2 aromatic rings. The highest BCUT2D eigenvalue weighted by atomic mass is 79.9. The largest absolute Gasteiger partial charge is 0.303 e. The number of benzene rings is 2. The van der Waals surface area contributed by atoms with E-state index >= 15 is 0 Å². The van der Waals surface area contributed by atoms with Crippen LogP contribution in [0.5, 0.6) is 0 Å². The lowest BCUT2D eigenvalue weighted by atomic mass is 10.0. The van der Waals surface area contributed by atoms with Crippen LogP contribution in [-0.2, 0) is 11.2 Å². The van der Waals surface area contributed by atoms with Crippen molar-refractivity contribution in [2.24, 2.45) is 0 Å². The Kier molecular flexibility index (Phi) is 4.22. The summed E-state index contributed by atoms with van der Waals surface area (Å²) in [5.41, 5.74) is 1.74. The summed E-state index contributed by atoms with van der Waals surface area (Å²) in [6.07, 6.45) is 1.12. The lowest BCUT2D eigenvalue weighted by Gasteiger charge is -2.05. The van der Waals surface area contributed by atoms with Crippen LogP contribution in [0.25, 0.3) is 0 Å². The highest BCUT2D eigenvalue weighted by molar-refractivity contribution is 9.10. The Balaban J connectivity index is 2.33. The van der Waals surface area contributed by atoms with Crippen LogP contribution in [-0.4, -0.2) is 12.1 Å². The predicted octanol–water partition coefficient (Wildman–Crippen LogP) is 3.56. The van der Waals surface area contributed by atoms with Gasteiger partial charge in [0.15, 0.2) is 5.78 Å². The molecule has 0 aliphatic heterocycles. The zero-order valence-electron chi connectivity index (χ0n) is 9.90. The number of ketones is 1. The Morgan fingerprint density at radius 1 is 1.16 bits per heavy atom. The molecule has 0 fully saturated rings. The van der Waals surface area contributed by atoms with Gasteiger partial charge >= 0.3 is 0 Å². The van der Waals surface area contributed by atoms with Gasteiger partial charge in [0, 0.05) is 22.0 Å². The van der Waals surface area contributed by atoms with Gasteiger partial charge in [-0.05, 0) is 42.0 Å². The standard InChI is InChI=1S/C15H10BrFO2/c16-14-9-10(7-8-18)1-6-13(14)15(19)11-2-4-12(17)5-3-11/h1-6,8-9H,7H2. The van der Waals surface area contributed by atoms with Crippen LogP contribution in [0.15, 0.2) is 46.9 Å². The fourth-order valence-corrected chi connectivity index (χ4v) is 2.33. The second-order valence-electron chi connectivity index (χ2n) is 4.02. The van der Waals surface area contributed by atoms with E-state index in [2.05, 4.69) is 15.9 Å². The Bertz CT molecular complexity index is 621. The summed E-state index contributed by atoms with van der Waals surface area (Å²) in [6.45, 7) is 0. The number of hydrogen-bond acceptors (Lipinski definition) is 2. The number of hydrogen-bond donors (Lipinski definition) is 0. The van der Waals surface area contributed by atoms with E-state index < -0.39 is 0 Å². The van der Waals surface area contributed by atoms with Gasteiger partial charge in [0.25, 0.3) is 0 Å². The Labute approximate surface area is 118 Å². The van der Waals surface area contributed by atoms with Crippen molar-refractivity contribution < 1.29 is 14.0 Å². The first-order valence-electron chi connectivity index (χ1n) is 5.64. The molecule has 0 amide bonds. The summed E-state index contributed by atoms with van der Waals surface area (Å²) in [4.78, 5) is 22.7. The highest BCUT2D eigenvalue weighted by Crippen LogP contribution is 2.22. The summed E-state index contributed by atoms with van der Waals surface area (Å²) in [6, 6.07) is 10.5. The minimum Gasteiger partial charge on any atom is -0.303 e. The van der Waals surface area contributed by atoms with Crippen LogP contribution >= 0.6 is 15.9 Å². The van der Waals surface area contributed by atoms with E-state index in [9.17, 15) is 14.0 Å². The molecule has 0 radical (unpaired) electrons. The van der Waals surface area contributed by atoms with Crippen molar-refractivity contribution in [2.45, 2.75) is 6.42 Å². The molecule has 0 atom stereocenters. The van der Waals surface area contributed by atoms with Gasteiger partial charge in [0.05, 0.1) is 0 Å². The molecule has 0 unspecified atom stereocenters. The van der Waals surface area contributed by atoms with Gasteiger partial charge in [-0.25, -0.2) is 4.39 Å². The van der Waals surface area contributed by atoms with Crippen molar-refractivity contribution in [3.8, 4) is 0 Å². The summed E-state index contributed by atoms with van der Waals surface area (Å²) in [5.74, 6) is -0.568. The third-order valence-corrected chi connectivity index (χ3v) is 3.36. The number of rotatable bonds is 4. The van der Waals surface area contributed by atoms with E-state index in [0.29, 0.717) is 22.0 Å². The van der Waals surface area contributed by atoms with Crippen molar-refractivity contribution >= 4 is 28.0 Å². The molecule has 4 heteroatoms. The first kappa shape index (κ1) is 13.6. The minimum absolute atomic E-state index is 0.190. The molecule has 19 heavy (non-hydrogen) atoms. The zero-order chi connectivity index (χ0) is 13.8. The van der Waals surface area contributed by atoms with Crippen molar-refractivity contribution in [1.82, 2.24) is 0 Å². The SMILES string of the molecule is O=CCc1ccc(C(=O)c2ccc(F)cc2)c(Br)c1. The summed E-state index contributed by atoms with van der Waals surface area (Å²) < 4.78 is 13.4. The summed E-state index contributed by atoms with van der Waals surface area (Å²) >= 11 is 3.32. The molecule has 0 aliphatic carbocycles. The van der Waals surface area contributed by atoms with Gasteiger partial charge in [0.2, 0.25) is 0 Å². The van der Waals surface area contributed by atoms with Crippen molar-refractivity contribution in [3.05, 3.63) is 69.4 Å². The molecule has 0 aliphatic rings. The fourth-order valence-electron chi connectivity index (χ4n) is 1.72. The van der Waals surface area contributed by atoms with Crippen molar-refractivity contribution in [2.75, 3.05) is 0 Å². The fraction of sp³-hybridized carbons (Fsp3) is 0.0667. The summed E-state index contributed by atoms with van der Waals surface area (Å²) in [7, 11) is 0. The van der Waals surface area contributed by atoms with Crippen molar-refractivity contribution in [1.29, 1.82) is 0 Å². The van der Waals surface area contributed by atoms with E-state index in [-0.39, 0.29) is 11.6 Å². The third kappa shape index (κ3) is 3.15. The number of carbonyl (C=O) groups is 2. The maximum absolute atomic E-state index is 12.8. The molecule has 2 rings (SSSR count). The lowest BCUT2D eigenvalue weighted by molar-refractivity contribution is -0.107. The van der Waals surface area contributed by atoms with Gasteiger partial charge in [-0.15, -0.1) is 0 Å². The van der Waals surface area contributed by atoms with Gasteiger partial charge in [-0.3, -0.25) is 4.79 Å². The highest BCUT2D eigenvalue weighted by Gasteiger charge is 2.13. The third-order valence-electron chi connectivity index (χ3n) is 2.70. The van der Waals surface area contributed by atoms with Gasteiger partial charge in [0.1, 0.15) is 12.1 Å². The summed E-state index contributed by atoms with van der Waals surface area (Å²) in [5, 5.41) is 0. The maximum atomic E-state index is 12.8. The van der Waals surface area contributed by atoms with Crippen LogP contribution in [0.1, 0.15) is 21.5 Å². The molecular formula is C15H10BrFO2. The number of carbonyl (C=O) groups excluding carboxylic acids is 2. The smallest absolute Gasteiger partial charge is 0.194 e. The first-order valence-corrected chi connectivity index (χ1v) is 6.43. The van der Waals surface area contributed by atoms with E-state index in [1.165, 1.54) is 24.3 Å². The van der Waals surface area contributed by atoms with E-state index in [4.69, 9.17) is 0 Å². The van der Waals surface area contributed by atoms with Crippen LogP contribution in [0.4, 0.5) is 4.39 Å². The lowest BCUT2D eigenvalue weighted by Crippen LogP contribution is -2.03. The predicted molar refractivity (Wildman–Crippen MR) is 73.7 cm³/mol. The van der Waals surface area contributed by atoms with Gasteiger partial charge in [-0.2, -0.15) is 0 Å². The number of halogens is 2. The van der Waals surface area contributed by atoms with Crippen LogP contribution in [0, 0.1) is 5.82 Å². The quantitative estimate of drug-likeness (QED) is 0.637. The Morgan fingerprint density at radius 3 is 2.42 bits per heavy atom. The van der Waals surface area contributed by atoms with E-state index in [1.807, 2.05) is 0 Å². The molecule has 0 heterocycles. The minimum atomic E-state index is -0.378. The molecular weight excluding hydrogens is 311 g/mol. The molecule has 0 N–H and O–H groups in total. The molecule has 0 spiro atoms. The molecule has 0 aromatic heterocycles. The molecule has 2 nitrogen and oxygen atoms in total. The van der Waals surface area contributed by atoms with Crippen LogP contribution < -0.4 is 0 Å². The average molecular weight is 321 g/mol. The number of aldehydes is 1. The van der Waals surface area contributed by atoms with E-state index in [0.717, 1.165) is 11.8 Å². The van der Waals surface area contributed by atoms with Crippen LogP contribution in [0.3, 0.4) is 0 Å². The van der Waals surface area contributed by atoms with Gasteiger partial charge in [-0.1, -0.05) is 22.0 Å². The Morgan fingerprint density at radius 2 is 1.84 bits per heavy atom. The second kappa shape index (κ2) is 5.89. The monoisotopic (exact) mass is 320 g/mol.